The zero-order valence-electron chi connectivity index (χ0n) is 16.5. The molecule has 5 nitrogen and oxygen atoms in total. The first kappa shape index (κ1) is 18.4. The molecule has 3 fully saturated rings. The average molecular weight is 424 g/mol. The number of carboxylic acid groups (broad SMARTS) is 1. The number of halogens is 1. The molecule has 0 amide bonds. The number of nitrogens with zero attached hydrogens (tertiary/aromatic N) is 3. The number of aliphatic carboxylic acids is 1. The van der Waals surface area contributed by atoms with Gasteiger partial charge in [0, 0.05) is 36.3 Å². The van der Waals surface area contributed by atoms with Crippen molar-refractivity contribution >= 4 is 27.7 Å². The molecule has 1 saturated heterocycles. The van der Waals surface area contributed by atoms with E-state index in [1.54, 1.807) is 12.1 Å². The second kappa shape index (κ2) is 6.56. The van der Waals surface area contributed by atoms with Crippen molar-refractivity contribution in [1.29, 1.82) is 0 Å². The Morgan fingerprint density at radius 1 is 1.20 bits per heavy atom. The monoisotopic (exact) mass is 423 g/mol. The van der Waals surface area contributed by atoms with Crippen LogP contribution in [0.4, 0.5) is 4.39 Å². The number of carbonyl (C=O) groups is 1. The second-order valence-corrected chi connectivity index (χ2v) is 9.99. The number of fused-ring (bicyclic) bond motifs is 1. The standard InChI is InChI=1S/C23H22FN3O2S/c24-17-9-13(10-27-11-14(12-27)22(28)29)1-4-16(17)20-25-18-5-6-19(26-21(18)30-20)23(7-8-23)15-2-3-15/h1,4-6,9,14-15H,2-3,7-8,10-12H2,(H,28,29). The minimum atomic E-state index is -0.759. The Labute approximate surface area is 177 Å². The summed E-state index contributed by atoms with van der Waals surface area (Å²) < 4.78 is 14.9. The van der Waals surface area contributed by atoms with Gasteiger partial charge >= 0.3 is 5.97 Å². The van der Waals surface area contributed by atoms with Gasteiger partial charge in [0.1, 0.15) is 21.2 Å². The highest BCUT2D eigenvalue weighted by molar-refractivity contribution is 7.21. The minimum absolute atomic E-state index is 0.293. The zero-order valence-corrected chi connectivity index (χ0v) is 17.3. The van der Waals surface area contributed by atoms with Gasteiger partial charge in [-0.3, -0.25) is 9.69 Å². The number of carboxylic acids is 1. The molecule has 30 heavy (non-hydrogen) atoms. The van der Waals surface area contributed by atoms with E-state index < -0.39 is 5.97 Å². The Hall–Kier alpha value is -2.38. The van der Waals surface area contributed by atoms with E-state index in [0.717, 1.165) is 21.8 Å². The van der Waals surface area contributed by atoms with Gasteiger partial charge in [-0.25, -0.2) is 14.4 Å². The zero-order chi connectivity index (χ0) is 20.5. The number of thiazole rings is 1. The van der Waals surface area contributed by atoms with Crippen LogP contribution in [0.15, 0.2) is 30.3 Å². The Balaban J connectivity index is 1.23. The number of likely N-dealkylation sites (tertiary alicyclic amines) is 1. The van der Waals surface area contributed by atoms with Crippen LogP contribution in [0.1, 0.15) is 36.9 Å². The number of aromatic nitrogens is 2. The van der Waals surface area contributed by atoms with Crippen molar-refractivity contribution in [2.24, 2.45) is 11.8 Å². The lowest BCUT2D eigenvalue weighted by atomic mass is 9.95. The smallest absolute Gasteiger partial charge is 0.309 e. The molecule has 2 aliphatic carbocycles. The van der Waals surface area contributed by atoms with Crippen LogP contribution in [0.5, 0.6) is 0 Å². The first-order valence-electron chi connectivity index (χ1n) is 10.5. The highest BCUT2D eigenvalue weighted by atomic mass is 32.1. The number of hydrogen-bond donors (Lipinski definition) is 1. The minimum Gasteiger partial charge on any atom is -0.481 e. The maximum atomic E-state index is 14.9. The SMILES string of the molecule is O=C(O)C1CN(Cc2ccc(-c3nc4ccc(C5(C6CC6)CC5)nc4s3)c(F)c2)C1. The average Bonchev–Trinajstić information content (AvgIpc) is 3.59. The van der Waals surface area contributed by atoms with Crippen LogP contribution in [0.25, 0.3) is 20.9 Å². The molecular weight excluding hydrogens is 401 g/mol. The molecule has 0 atom stereocenters. The fraction of sp³-hybridized carbons (Fsp3) is 0.435. The highest BCUT2D eigenvalue weighted by Gasteiger charge is 2.55. The van der Waals surface area contributed by atoms with E-state index in [4.69, 9.17) is 10.1 Å². The number of rotatable bonds is 6. The molecule has 154 valence electrons. The molecule has 0 unspecified atom stereocenters. The number of hydrogen-bond acceptors (Lipinski definition) is 5. The number of pyridine rings is 1. The van der Waals surface area contributed by atoms with E-state index in [1.807, 2.05) is 17.0 Å². The van der Waals surface area contributed by atoms with Crippen LogP contribution < -0.4 is 0 Å². The van der Waals surface area contributed by atoms with Crippen LogP contribution in [-0.2, 0) is 16.8 Å². The van der Waals surface area contributed by atoms with E-state index in [0.29, 0.717) is 35.6 Å². The van der Waals surface area contributed by atoms with E-state index >= 15 is 0 Å². The summed E-state index contributed by atoms with van der Waals surface area (Å²) in [4.78, 5) is 23.4. The summed E-state index contributed by atoms with van der Waals surface area (Å²) in [6.07, 6.45) is 5.11. The van der Waals surface area contributed by atoms with Crippen molar-refractivity contribution in [3.63, 3.8) is 0 Å². The third-order valence-electron chi connectivity index (χ3n) is 6.89. The molecular formula is C23H22FN3O2S. The quantitative estimate of drug-likeness (QED) is 0.634. The Morgan fingerprint density at radius 2 is 2.00 bits per heavy atom. The van der Waals surface area contributed by atoms with Gasteiger partial charge in [0.15, 0.2) is 0 Å². The highest BCUT2D eigenvalue weighted by Crippen LogP contribution is 2.61. The van der Waals surface area contributed by atoms with Gasteiger partial charge in [-0.05, 0) is 61.4 Å². The van der Waals surface area contributed by atoms with Gasteiger partial charge in [0.05, 0.1) is 5.92 Å². The largest absolute Gasteiger partial charge is 0.481 e. The predicted molar refractivity (Wildman–Crippen MR) is 113 cm³/mol. The van der Waals surface area contributed by atoms with Crippen LogP contribution in [-0.4, -0.2) is 39.0 Å². The lowest BCUT2D eigenvalue weighted by Crippen LogP contribution is -2.49. The van der Waals surface area contributed by atoms with Crippen molar-refractivity contribution in [2.75, 3.05) is 13.1 Å². The normalized spacial score (nSPS) is 21.0. The molecule has 3 aromatic rings. The first-order valence-corrected chi connectivity index (χ1v) is 11.4. The topological polar surface area (TPSA) is 66.3 Å². The third kappa shape index (κ3) is 3.03. The molecule has 0 spiro atoms. The van der Waals surface area contributed by atoms with E-state index in [1.165, 1.54) is 42.7 Å². The molecule has 2 aromatic heterocycles. The van der Waals surface area contributed by atoms with Gasteiger partial charge in [0.2, 0.25) is 0 Å². The summed E-state index contributed by atoms with van der Waals surface area (Å²) in [5, 5.41) is 9.64. The molecule has 3 heterocycles. The van der Waals surface area contributed by atoms with Crippen molar-refractivity contribution in [3.05, 3.63) is 47.4 Å². The Kier molecular flexibility index (Phi) is 4.02. The van der Waals surface area contributed by atoms with Crippen molar-refractivity contribution in [1.82, 2.24) is 14.9 Å². The maximum absolute atomic E-state index is 14.9. The van der Waals surface area contributed by atoms with Gasteiger partial charge in [-0.2, -0.15) is 0 Å². The Morgan fingerprint density at radius 3 is 2.67 bits per heavy atom. The molecule has 3 aliphatic rings. The number of benzene rings is 1. The Bertz CT molecular complexity index is 1160. The summed E-state index contributed by atoms with van der Waals surface area (Å²) in [7, 11) is 0. The predicted octanol–water partition coefficient (Wildman–Crippen LogP) is 4.46. The van der Waals surface area contributed by atoms with Gasteiger partial charge < -0.3 is 5.11 Å². The van der Waals surface area contributed by atoms with Crippen LogP contribution >= 0.6 is 11.3 Å². The first-order chi connectivity index (χ1) is 14.5. The van der Waals surface area contributed by atoms with Crippen LogP contribution in [0.2, 0.25) is 0 Å². The second-order valence-electron chi connectivity index (χ2n) is 9.01. The van der Waals surface area contributed by atoms with Gasteiger partial charge in [-0.1, -0.05) is 17.4 Å². The molecule has 0 bridgehead atoms. The molecule has 7 heteroatoms. The fourth-order valence-electron chi connectivity index (χ4n) is 4.80. The molecule has 1 aromatic carbocycles. The maximum Gasteiger partial charge on any atom is 0.309 e. The summed E-state index contributed by atoms with van der Waals surface area (Å²) in [6, 6.07) is 9.39. The lowest BCUT2D eigenvalue weighted by Gasteiger charge is -2.36. The van der Waals surface area contributed by atoms with E-state index in [9.17, 15) is 9.18 Å². The fourth-order valence-corrected chi connectivity index (χ4v) is 5.76. The summed E-state index contributed by atoms with van der Waals surface area (Å²) in [5.41, 5.74) is 3.68. The molecule has 1 N–H and O–H groups in total. The van der Waals surface area contributed by atoms with Crippen LogP contribution in [0, 0.1) is 17.7 Å². The third-order valence-corrected chi connectivity index (χ3v) is 7.89. The van der Waals surface area contributed by atoms with Gasteiger partial charge in [-0.15, -0.1) is 0 Å². The summed E-state index contributed by atoms with van der Waals surface area (Å²) in [6.45, 7) is 1.61. The van der Waals surface area contributed by atoms with Crippen molar-refractivity contribution in [3.8, 4) is 10.6 Å². The summed E-state index contributed by atoms with van der Waals surface area (Å²) >= 11 is 1.46. The summed E-state index contributed by atoms with van der Waals surface area (Å²) in [5.74, 6) is -0.551. The van der Waals surface area contributed by atoms with E-state index in [2.05, 4.69) is 11.1 Å². The molecule has 0 radical (unpaired) electrons. The van der Waals surface area contributed by atoms with Crippen molar-refractivity contribution in [2.45, 2.75) is 37.6 Å². The molecule has 1 aliphatic heterocycles. The van der Waals surface area contributed by atoms with Gasteiger partial charge in [0.25, 0.3) is 0 Å². The molecule has 6 rings (SSSR count). The van der Waals surface area contributed by atoms with Crippen molar-refractivity contribution < 1.29 is 14.3 Å². The van der Waals surface area contributed by atoms with Crippen LogP contribution in [0.3, 0.4) is 0 Å². The lowest BCUT2D eigenvalue weighted by molar-refractivity contribution is -0.147. The van der Waals surface area contributed by atoms with E-state index in [-0.39, 0.29) is 11.7 Å². The molecule has 2 saturated carbocycles.